The topological polar surface area (TPSA) is 60.2 Å². The molecule has 1 aromatic heterocycles. The maximum Gasteiger partial charge on any atom is 0.0771 e. The van der Waals surface area contributed by atoms with Crippen LogP contribution in [-0.2, 0) is 17.6 Å². The molecule has 4 heteroatoms. The van der Waals surface area contributed by atoms with Gasteiger partial charge in [-0.15, -0.1) is 0 Å². The molecule has 2 rings (SSSR count). The van der Waals surface area contributed by atoms with Crippen LogP contribution in [0.1, 0.15) is 31.5 Å². The molecular formula is C14H23N3O. The van der Waals surface area contributed by atoms with Gasteiger partial charge in [-0.1, -0.05) is 19.9 Å². The summed E-state index contributed by atoms with van der Waals surface area (Å²) in [7, 11) is 0. The van der Waals surface area contributed by atoms with E-state index in [1.807, 2.05) is 6.20 Å². The van der Waals surface area contributed by atoms with E-state index in [-0.39, 0.29) is 12.1 Å². The Morgan fingerprint density at radius 2 is 2.39 bits per heavy atom. The lowest BCUT2D eigenvalue weighted by atomic mass is 9.95. The first-order valence-corrected chi connectivity index (χ1v) is 6.76. The minimum absolute atomic E-state index is 0.141. The Morgan fingerprint density at radius 3 is 2.89 bits per heavy atom. The highest BCUT2D eigenvalue weighted by Crippen LogP contribution is 2.24. The number of hydrogen-bond acceptors (Lipinski definition) is 4. The fourth-order valence-corrected chi connectivity index (χ4v) is 2.51. The number of nitrogens with zero attached hydrogens (tertiary/aromatic N) is 1. The van der Waals surface area contributed by atoms with Crippen LogP contribution in [0.3, 0.4) is 0 Å². The van der Waals surface area contributed by atoms with Crippen LogP contribution in [0.25, 0.3) is 0 Å². The Labute approximate surface area is 109 Å². The van der Waals surface area contributed by atoms with Crippen molar-refractivity contribution in [2.45, 2.75) is 45.3 Å². The van der Waals surface area contributed by atoms with Crippen LogP contribution in [0.15, 0.2) is 18.3 Å². The molecule has 4 nitrogen and oxygen atoms in total. The summed E-state index contributed by atoms with van der Waals surface area (Å²) in [6.07, 6.45) is 5.10. The highest BCUT2D eigenvalue weighted by Gasteiger charge is 2.31. The number of nitrogens with one attached hydrogen (secondary N) is 1. The number of pyridine rings is 1. The second kappa shape index (κ2) is 6.27. The zero-order valence-electron chi connectivity index (χ0n) is 11.2. The van der Waals surface area contributed by atoms with Crippen molar-refractivity contribution in [2.75, 3.05) is 6.61 Å². The van der Waals surface area contributed by atoms with Gasteiger partial charge in [0.15, 0.2) is 0 Å². The van der Waals surface area contributed by atoms with E-state index < -0.39 is 0 Å². The molecule has 1 fully saturated rings. The van der Waals surface area contributed by atoms with Gasteiger partial charge >= 0.3 is 0 Å². The van der Waals surface area contributed by atoms with E-state index in [0.29, 0.717) is 5.92 Å². The molecule has 3 atom stereocenters. The van der Waals surface area contributed by atoms with Crippen molar-refractivity contribution in [1.29, 1.82) is 0 Å². The smallest absolute Gasteiger partial charge is 0.0771 e. The van der Waals surface area contributed by atoms with Crippen LogP contribution in [0.2, 0.25) is 0 Å². The molecule has 0 saturated carbocycles. The molecule has 0 amide bonds. The number of nitrogens with two attached hydrogens (primary N) is 1. The average Bonchev–Trinajstić information content (AvgIpc) is 2.83. The minimum Gasteiger partial charge on any atom is -0.376 e. The van der Waals surface area contributed by atoms with E-state index in [2.05, 4.69) is 36.4 Å². The van der Waals surface area contributed by atoms with Gasteiger partial charge < -0.3 is 4.74 Å². The van der Waals surface area contributed by atoms with Gasteiger partial charge in [0.2, 0.25) is 0 Å². The number of aromatic nitrogens is 1. The zero-order chi connectivity index (χ0) is 13.0. The summed E-state index contributed by atoms with van der Waals surface area (Å²) in [6, 6.07) is 4.36. The van der Waals surface area contributed by atoms with Gasteiger partial charge in [0.05, 0.1) is 12.1 Å². The molecule has 1 aromatic rings. The first-order chi connectivity index (χ1) is 8.74. The van der Waals surface area contributed by atoms with E-state index in [0.717, 1.165) is 31.6 Å². The van der Waals surface area contributed by atoms with Crippen molar-refractivity contribution in [3.05, 3.63) is 29.6 Å². The third-order valence-corrected chi connectivity index (χ3v) is 3.78. The quantitative estimate of drug-likeness (QED) is 0.612. The van der Waals surface area contributed by atoms with Gasteiger partial charge in [-0.3, -0.25) is 16.3 Å². The Balaban J connectivity index is 2.00. The lowest BCUT2D eigenvalue weighted by molar-refractivity contribution is 0.0607. The second-order valence-corrected chi connectivity index (χ2v) is 5.09. The third-order valence-electron chi connectivity index (χ3n) is 3.78. The number of ether oxygens (including phenoxy) is 1. The van der Waals surface area contributed by atoms with Crippen LogP contribution >= 0.6 is 0 Å². The normalized spacial score (nSPS) is 25.3. The van der Waals surface area contributed by atoms with Crippen LogP contribution < -0.4 is 11.3 Å². The Bertz CT molecular complexity index is 366. The summed E-state index contributed by atoms with van der Waals surface area (Å²) in [5.74, 6) is 6.22. The first kappa shape index (κ1) is 13.5. The molecule has 0 spiro atoms. The van der Waals surface area contributed by atoms with Gasteiger partial charge in [-0.25, -0.2) is 0 Å². The molecule has 0 aliphatic carbocycles. The van der Waals surface area contributed by atoms with Crippen molar-refractivity contribution in [1.82, 2.24) is 10.4 Å². The molecule has 1 aliphatic rings. The number of rotatable bonds is 5. The van der Waals surface area contributed by atoms with Gasteiger partial charge in [0.1, 0.15) is 0 Å². The molecular weight excluding hydrogens is 226 g/mol. The summed E-state index contributed by atoms with van der Waals surface area (Å²) in [5, 5.41) is 0. The van der Waals surface area contributed by atoms with E-state index in [1.165, 1.54) is 5.56 Å². The number of hydrazine groups is 1. The van der Waals surface area contributed by atoms with Crippen LogP contribution in [-0.4, -0.2) is 23.7 Å². The maximum atomic E-state index is 5.77. The van der Waals surface area contributed by atoms with Crippen LogP contribution in [0, 0.1) is 5.92 Å². The Morgan fingerprint density at radius 1 is 1.56 bits per heavy atom. The van der Waals surface area contributed by atoms with Gasteiger partial charge in [-0.2, -0.15) is 0 Å². The van der Waals surface area contributed by atoms with Crippen LogP contribution in [0.5, 0.6) is 0 Å². The zero-order valence-corrected chi connectivity index (χ0v) is 11.2. The standard InChI is InChI=1S/C14H23N3O/c1-3-11-4-5-12(16-9-11)8-13(17-15)14-10(2)6-7-18-14/h4-5,9-10,13-14,17H,3,6-8,15H2,1-2H3. The van der Waals surface area contributed by atoms with E-state index in [9.17, 15) is 0 Å². The maximum absolute atomic E-state index is 5.77. The second-order valence-electron chi connectivity index (χ2n) is 5.09. The first-order valence-electron chi connectivity index (χ1n) is 6.76. The van der Waals surface area contributed by atoms with Crippen molar-refractivity contribution < 1.29 is 4.74 Å². The summed E-state index contributed by atoms with van der Waals surface area (Å²) in [6.45, 7) is 5.19. The van der Waals surface area contributed by atoms with Gasteiger partial charge in [0.25, 0.3) is 0 Å². The van der Waals surface area contributed by atoms with Crippen molar-refractivity contribution >= 4 is 0 Å². The monoisotopic (exact) mass is 249 g/mol. The molecule has 2 heterocycles. The van der Waals surface area contributed by atoms with Gasteiger partial charge in [-0.05, 0) is 30.4 Å². The molecule has 0 radical (unpaired) electrons. The number of aryl methyl sites for hydroxylation is 1. The van der Waals surface area contributed by atoms with Crippen molar-refractivity contribution in [2.24, 2.45) is 11.8 Å². The minimum atomic E-state index is 0.141. The molecule has 100 valence electrons. The average molecular weight is 249 g/mol. The molecule has 1 aliphatic heterocycles. The SMILES string of the molecule is CCc1ccc(CC(NN)C2OCCC2C)nc1. The summed E-state index contributed by atoms with van der Waals surface area (Å²) in [4.78, 5) is 4.48. The molecule has 0 bridgehead atoms. The van der Waals surface area contributed by atoms with Crippen molar-refractivity contribution in [3.63, 3.8) is 0 Å². The lowest BCUT2D eigenvalue weighted by Gasteiger charge is -2.25. The van der Waals surface area contributed by atoms with Gasteiger partial charge in [0, 0.05) is 24.9 Å². The van der Waals surface area contributed by atoms with E-state index in [1.54, 1.807) is 0 Å². The lowest BCUT2D eigenvalue weighted by Crippen LogP contribution is -2.47. The fourth-order valence-electron chi connectivity index (χ4n) is 2.51. The highest BCUT2D eigenvalue weighted by atomic mass is 16.5. The number of hydrogen-bond donors (Lipinski definition) is 2. The van der Waals surface area contributed by atoms with E-state index in [4.69, 9.17) is 10.6 Å². The Hall–Kier alpha value is -0.970. The summed E-state index contributed by atoms with van der Waals surface area (Å²) in [5.41, 5.74) is 5.22. The summed E-state index contributed by atoms with van der Waals surface area (Å²) < 4.78 is 5.77. The summed E-state index contributed by atoms with van der Waals surface area (Å²) >= 11 is 0. The molecule has 1 saturated heterocycles. The molecule has 0 aromatic carbocycles. The molecule has 3 N–H and O–H groups in total. The highest BCUT2D eigenvalue weighted by molar-refractivity contribution is 5.15. The third kappa shape index (κ3) is 3.07. The predicted octanol–water partition coefficient (Wildman–Crippen LogP) is 1.44. The van der Waals surface area contributed by atoms with E-state index >= 15 is 0 Å². The predicted molar refractivity (Wildman–Crippen MR) is 72.0 cm³/mol. The molecule has 3 unspecified atom stereocenters. The van der Waals surface area contributed by atoms with Crippen LogP contribution in [0.4, 0.5) is 0 Å². The Kier molecular flexibility index (Phi) is 4.69. The van der Waals surface area contributed by atoms with Crippen molar-refractivity contribution in [3.8, 4) is 0 Å². The molecule has 18 heavy (non-hydrogen) atoms. The largest absolute Gasteiger partial charge is 0.376 e. The fraction of sp³-hybridized carbons (Fsp3) is 0.643.